The van der Waals surface area contributed by atoms with E-state index in [0.717, 1.165) is 17.7 Å². The number of hydrogen-bond acceptors (Lipinski definition) is 1. The second kappa shape index (κ2) is 9.04. The van der Waals surface area contributed by atoms with Gasteiger partial charge in [-0.05, 0) is 48.4 Å². The second-order valence-corrected chi connectivity index (χ2v) is 9.19. The van der Waals surface area contributed by atoms with Crippen LogP contribution in [0, 0.1) is 11.2 Å². The largest absolute Gasteiger partial charge is 0.359 e. The van der Waals surface area contributed by atoms with Gasteiger partial charge in [0.05, 0.1) is 0 Å². The Morgan fingerprint density at radius 1 is 0.833 bits per heavy atom. The zero-order valence-corrected chi connectivity index (χ0v) is 17.9. The highest BCUT2D eigenvalue weighted by atomic mass is 32.5. The van der Waals surface area contributed by atoms with Crippen LogP contribution in [-0.2, 0) is 6.42 Å². The lowest BCUT2D eigenvalue weighted by molar-refractivity contribution is 0.364. The van der Waals surface area contributed by atoms with Crippen LogP contribution in [0.4, 0.5) is 29.5 Å². The number of anilines is 1. The van der Waals surface area contributed by atoms with Crippen LogP contribution in [0.15, 0.2) is 92.0 Å². The van der Waals surface area contributed by atoms with Crippen LogP contribution in [0.2, 0.25) is 0 Å². The molecule has 8 heteroatoms. The van der Waals surface area contributed by atoms with Gasteiger partial charge in [-0.1, -0.05) is 52.0 Å². The third-order valence-corrected chi connectivity index (χ3v) is 5.13. The van der Waals surface area contributed by atoms with Crippen molar-refractivity contribution in [3.8, 4) is 0 Å². The van der Waals surface area contributed by atoms with E-state index in [0.29, 0.717) is 24.3 Å². The molecule has 1 N–H and O–H groups in total. The Balaban J connectivity index is 0.00000198. The fourth-order valence-electron chi connectivity index (χ4n) is 2.36. The van der Waals surface area contributed by atoms with Gasteiger partial charge in [0.1, 0.15) is 10.7 Å². The van der Waals surface area contributed by atoms with Crippen molar-refractivity contribution in [1.29, 1.82) is 0 Å². The molecule has 30 heavy (non-hydrogen) atoms. The molecule has 1 nitrogen and oxygen atoms in total. The predicted octanol–water partition coefficient (Wildman–Crippen LogP) is 9.28. The van der Waals surface area contributed by atoms with Gasteiger partial charge in [0.25, 0.3) is 0 Å². The van der Waals surface area contributed by atoms with Gasteiger partial charge in [0, 0.05) is 16.8 Å². The molecule has 0 unspecified atom stereocenters. The molecule has 168 valence electrons. The standard InChI is InChI=1S/C18H19F6NS.2C2H4/c1-13(18(2,3)12-14-4-6-15(19)7-5-14)25-16-8-10-17(11-9-16)26(20,21,22,23)24;2*1-2/h4-11,25H,1,12H2,2-3H3;2*1-2H2. The molecule has 0 aromatic heterocycles. The lowest BCUT2D eigenvalue weighted by Crippen LogP contribution is -2.22. The van der Waals surface area contributed by atoms with Crippen LogP contribution in [0.1, 0.15) is 19.4 Å². The third-order valence-electron chi connectivity index (χ3n) is 3.97. The van der Waals surface area contributed by atoms with Gasteiger partial charge in [0.2, 0.25) is 0 Å². The van der Waals surface area contributed by atoms with Crippen LogP contribution >= 0.6 is 10.2 Å². The molecular weight excluding hydrogens is 424 g/mol. The average molecular weight is 452 g/mol. The topological polar surface area (TPSA) is 12.0 Å². The third kappa shape index (κ3) is 8.41. The zero-order chi connectivity index (χ0) is 23.9. The molecule has 0 radical (unpaired) electrons. The van der Waals surface area contributed by atoms with E-state index in [1.54, 1.807) is 12.1 Å². The van der Waals surface area contributed by atoms with Crippen LogP contribution in [0.3, 0.4) is 0 Å². The number of nitrogens with one attached hydrogen (secondary N) is 1. The first-order chi connectivity index (χ1) is 13.6. The van der Waals surface area contributed by atoms with Crippen LogP contribution in [0.25, 0.3) is 0 Å². The summed E-state index contributed by atoms with van der Waals surface area (Å²) in [5.74, 6) is -0.354. The molecule has 2 aromatic carbocycles. The second-order valence-electron chi connectivity index (χ2n) is 6.78. The van der Waals surface area contributed by atoms with E-state index < -0.39 is 20.5 Å². The first-order valence-electron chi connectivity index (χ1n) is 8.62. The zero-order valence-electron chi connectivity index (χ0n) is 17.0. The summed E-state index contributed by atoms with van der Waals surface area (Å²) in [6.07, 6.45) is 0.503. The van der Waals surface area contributed by atoms with Gasteiger partial charge in [-0.15, -0.1) is 26.3 Å². The molecule has 0 aliphatic heterocycles. The van der Waals surface area contributed by atoms with Gasteiger partial charge in [0.15, 0.2) is 0 Å². The Hall–Kier alpha value is -2.61. The minimum Gasteiger partial charge on any atom is -0.359 e. The molecule has 0 heterocycles. The summed E-state index contributed by atoms with van der Waals surface area (Å²) < 4.78 is 76.7. The molecule has 0 saturated heterocycles. The summed E-state index contributed by atoms with van der Waals surface area (Å²) >= 11 is 0. The monoisotopic (exact) mass is 451 g/mol. The van der Waals surface area contributed by atoms with Crippen molar-refractivity contribution in [2.45, 2.75) is 25.2 Å². The summed E-state index contributed by atoms with van der Waals surface area (Å²) in [5, 5.41) is 2.85. The Kier molecular flexibility index (Phi) is 8.25. The Bertz CT molecular complexity index is 839. The molecule has 0 bridgehead atoms. The maximum absolute atomic E-state index is 13.0. The lowest BCUT2D eigenvalue weighted by atomic mass is 9.83. The molecule has 0 aliphatic rings. The summed E-state index contributed by atoms with van der Waals surface area (Å²) in [7, 11) is -9.68. The van der Waals surface area contributed by atoms with Gasteiger partial charge >= 0.3 is 10.2 Å². The Morgan fingerprint density at radius 2 is 1.27 bits per heavy atom. The highest BCUT2D eigenvalue weighted by molar-refractivity contribution is 8.45. The molecule has 0 spiro atoms. The van der Waals surface area contributed by atoms with Crippen molar-refractivity contribution in [3.05, 3.63) is 98.5 Å². The fraction of sp³-hybridized carbons (Fsp3) is 0.182. The van der Waals surface area contributed by atoms with Gasteiger partial charge in [-0.2, -0.15) is 0 Å². The smallest absolute Gasteiger partial charge is 0.310 e. The van der Waals surface area contributed by atoms with Crippen LogP contribution in [0.5, 0.6) is 0 Å². The molecule has 0 atom stereocenters. The molecule has 0 amide bonds. The number of allylic oxidation sites excluding steroid dienone is 1. The summed E-state index contributed by atoms with van der Waals surface area (Å²) in [6, 6.07) is 8.51. The average Bonchev–Trinajstić information content (AvgIpc) is 2.65. The van der Waals surface area contributed by atoms with E-state index in [2.05, 4.69) is 38.2 Å². The van der Waals surface area contributed by atoms with Gasteiger partial charge < -0.3 is 5.32 Å². The normalized spacial score (nSPS) is 13.3. The summed E-state index contributed by atoms with van der Waals surface area (Å²) in [4.78, 5) is -1.94. The molecule has 0 aliphatic carbocycles. The van der Waals surface area contributed by atoms with Crippen LogP contribution < -0.4 is 5.32 Å². The van der Waals surface area contributed by atoms with Crippen molar-refractivity contribution < 1.29 is 23.8 Å². The Morgan fingerprint density at radius 3 is 1.67 bits per heavy atom. The minimum absolute atomic E-state index is 0.216. The number of halogens is 6. The first-order valence-corrected chi connectivity index (χ1v) is 10.6. The van der Waals surface area contributed by atoms with Gasteiger partial charge in [-0.3, -0.25) is 0 Å². The molecule has 2 aromatic rings. The van der Waals surface area contributed by atoms with E-state index in [-0.39, 0.29) is 11.5 Å². The lowest BCUT2D eigenvalue weighted by Gasteiger charge is -2.40. The van der Waals surface area contributed by atoms with E-state index in [1.807, 2.05) is 13.8 Å². The van der Waals surface area contributed by atoms with Crippen molar-refractivity contribution in [2.24, 2.45) is 5.41 Å². The quantitative estimate of drug-likeness (QED) is 0.341. The molecule has 0 fully saturated rings. The van der Waals surface area contributed by atoms with Crippen LogP contribution in [-0.4, -0.2) is 0 Å². The highest BCUT2D eigenvalue weighted by Gasteiger charge is 2.65. The molecule has 2 rings (SSSR count). The number of hydrogen-bond donors (Lipinski definition) is 1. The SMILES string of the molecule is C=C.C=C.C=C(Nc1ccc(S(F)(F)(F)(F)F)cc1)C(C)(C)Cc1ccc(F)cc1. The maximum Gasteiger partial charge on any atom is 0.310 e. The Labute approximate surface area is 174 Å². The van der Waals surface area contributed by atoms with Crippen molar-refractivity contribution in [3.63, 3.8) is 0 Å². The molecule has 0 saturated carbocycles. The van der Waals surface area contributed by atoms with E-state index in [9.17, 15) is 23.8 Å². The van der Waals surface area contributed by atoms with E-state index in [4.69, 9.17) is 0 Å². The van der Waals surface area contributed by atoms with Crippen molar-refractivity contribution in [2.75, 3.05) is 5.32 Å². The number of benzene rings is 2. The van der Waals surface area contributed by atoms with Gasteiger partial charge in [-0.25, -0.2) is 4.39 Å². The number of rotatable bonds is 6. The fourth-order valence-corrected chi connectivity index (χ4v) is 3.01. The minimum atomic E-state index is -9.68. The first kappa shape index (κ1) is 27.4. The van der Waals surface area contributed by atoms with Crippen molar-refractivity contribution in [1.82, 2.24) is 0 Å². The van der Waals surface area contributed by atoms with Crippen molar-refractivity contribution >= 4 is 15.9 Å². The van der Waals surface area contributed by atoms with E-state index >= 15 is 0 Å². The summed E-state index contributed by atoms with van der Waals surface area (Å²) in [5.41, 5.74) is 1.04. The predicted molar refractivity (Wildman–Crippen MR) is 117 cm³/mol. The highest BCUT2D eigenvalue weighted by Crippen LogP contribution is 3.02. The molecular formula is C22H27F6NS. The maximum atomic E-state index is 13.0. The summed E-state index contributed by atoms with van der Waals surface area (Å²) in [6.45, 7) is 19.6. The van der Waals surface area contributed by atoms with E-state index in [1.165, 1.54) is 12.1 Å².